The Labute approximate surface area is 110 Å². The highest BCUT2D eigenvalue weighted by Gasteiger charge is 2.35. The molecule has 2 aromatic rings. The minimum atomic E-state index is -4.72. The van der Waals surface area contributed by atoms with Gasteiger partial charge in [0.25, 0.3) is 0 Å². The van der Waals surface area contributed by atoms with E-state index in [4.69, 9.17) is 5.73 Å². The highest BCUT2D eigenvalue weighted by molar-refractivity contribution is 7.09. The third-order valence-electron chi connectivity index (χ3n) is 2.64. The second kappa shape index (κ2) is 5.26. The van der Waals surface area contributed by atoms with Crippen LogP contribution in [0.2, 0.25) is 0 Å². The van der Waals surface area contributed by atoms with Crippen molar-refractivity contribution in [2.75, 3.05) is 0 Å². The zero-order chi connectivity index (χ0) is 14.0. The lowest BCUT2D eigenvalue weighted by Crippen LogP contribution is -2.17. The number of hydrogen-bond donors (Lipinski definition) is 1. The number of nitrogens with zero attached hydrogens (tertiary/aromatic N) is 1. The SMILES string of the molecule is NC(Cc1cncs1)c1cccc(C(F)(F)F)c1F. The molecule has 0 spiro atoms. The highest BCUT2D eigenvalue weighted by Crippen LogP contribution is 2.34. The normalized spacial score (nSPS) is 13.5. The summed E-state index contributed by atoms with van der Waals surface area (Å²) in [4.78, 5) is 4.63. The van der Waals surface area contributed by atoms with Gasteiger partial charge in [-0.05, 0) is 6.07 Å². The standard InChI is InChI=1S/C12H10F4N2S/c13-11-8(2-1-3-9(11)12(14,15)16)10(17)4-7-5-18-6-19-7/h1-3,5-6,10H,4,17H2. The van der Waals surface area contributed by atoms with E-state index in [0.29, 0.717) is 6.07 Å². The van der Waals surface area contributed by atoms with E-state index in [-0.39, 0.29) is 12.0 Å². The van der Waals surface area contributed by atoms with Gasteiger partial charge in [0, 0.05) is 29.1 Å². The summed E-state index contributed by atoms with van der Waals surface area (Å²) < 4.78 is 51.6. The van der Waals surface area contributed by atoms with Crippen LogP contribution in [0.5, 0.6) is 0 Å². The Morgan fingerprint density at radius 3 is 2.63 bits per heavy atom. The lowest BCUT2D eigenvalue weighted by atomic mass is 10.0. The van der Waals surface area contributed by atoms with Crippen LogP contribution in [0.1, 0.15) is 22.0 Å². The molecule has 2 N–H and O–H groups in total. The molecule has 1 unspecified atom stereocenters. The summed E-state index contributed by atoms with van der Waals surface area (Å²) in [6, 6.07) is 2.31. The first-order valence-corrected chi connectivity index (χ1v) is 6.26. The highest BCUT2D eigenvalue weighted by atomic mass is 32.1. The van der Waals surface area contributed by atoms with Crippen molar-refractivity contribution in [1.82, 2.24) is 4.98 Å². The molecule has 0 radical (unpaired) electrons. The van der Waals surface area contributed by atoms with Crippen LogP contribution in [0.4, 0.5) is 17.6 Å². The van der Waals surface area contributed by atoms with E-state index in [9.17, 15) is 17.6 Å². The Kier molecular flexibility index (Phi) is 3.86. The topological polar surface area (TPSA) is 38.9 Å². The van der Waals surface area contributed by atoms with Crippen LogP contribution in [0.25, 0.3) is 0 Å². The molecule has 2 rings (SSSR count). The number of rotatable bonds is 3. The molecule has 7 heteroatoms. The molecule has 2 nitrogen and oxygen atoms in total. The van der Waals surface area contributed by atoms with Crippen molar-refractivity contribution in [3.63, 3.8) is 0 Å². The van der Waals surface area contributed by atoms with Crippen molar-refractivity contribution in [2.45, 2.75) is 18.6 Å². The van der Waals surface area contributed by atoms with Crippen molar-refractivity contribution in [1.29, 1.82) is 0 Å². The fraction of sp³-hybridized carbons (Fsp3) is 0.250. The molecular weight excluding hydrogens is 280 g/mol. The Morgan fingerprint density at radius 2 is 2.05 bits per heavy atom. The molecule has 0 fully saturated rings. The van der Waals surface area contributed by atoms with Crippen LogP contribution < -0.4 is 5.73 Å². The Hall–Kier alpha value is -1.47. The van der Waals surface area contributed by atoms with Crippen LogP contribution in [0.3, 0.4) is 0 Å². The molecule has 1 aromatic carbocycles. The monoisotopic (exact) mass is 290 g/mol. The second-order valence-corrected chi connectivity index (χ2v) is 4.96. The van der Waals surface area contributed by atoms with Gasteiger partial charge < -0.3 is 5.73 Å². The van der Waals surface area contributed by atoms with Gasteiger partial charge >= 0.3 is 6.18 Å². The third-order valence-corrected chi connectivity index (χ3v) is 3.44. The van der Waals surface area contributed by atoms with Gasteiger partial charge in [0.05, 0.1) is 11.1 Å². The Morgan fingerprint density at radius 1 is 1.32 bits per heavy atom. The number of aromatic nitrogens is 1. The van der Waals surface area contributed by atoms with Crippen LogP contribution >= 0.6 is 11.3 Å². The first kappa shape index (κ1) is 14.0. The molecule has 102 valence electrons. The number of halogens is 4. The summed E-state index contributed by atoms with van der Waals surface area (Å²) in [6.07, 6.45) is -2.90. The molecule has 19 heavy (non-hydrogen) atoms. The summed E-state index contributed by atoms with van der Waals surface area (Å²) in [5.41, 5.74) is 5.94. The van der Waals surface area contributed by atoms with Crippen molar-refractivity contribution < 1.29 is 17.6 Å². The summed E-state index contributed by atoms with van der Waals surface area (Å²) in [5.74, 6) is -1.30. The van der Waals surface area contributed by atoms with Gasteiger partial charge in [-0.15, -0.1) is 11.3 Å². The van der Waals surface area contributed by atoms with E-state index in [1.54, 1.807) is 11.7 Å². The van der Waals surface area contributed by atoms with Crippen molar-refractivity contribution >= 4 is 11.3 Å². The van der Waals surface area contributed by atoms with E-state index in [1.807, 2.05) is 0 Å². The molecule has 0 saturated carbocycles. The summed E-state index contributed by atoms with van der Waals surface area (Å²) in [5, 5.41) is 0. The largest absolute Gasteiger partial charge is 0.419 e. The second-order valence-electron chi connectivity index (χ2n) is 3.98. The molecule has 0 amide bonds. The molecule has 0 bridgehead atoms. The lowest BCUT2D eigenvalue weighted by molar-refractivity contribution is -0.140. The first-order chi connectivity index (χ1) is 8.89. The fourth-order valence-electron chi connectivity index (χ4n) is 1.72. The maximum Gasteiger partial charge on any atom is 0.419 e. The number of thiazole rings is 1. The Bertz CT molecular complexity index is 551. The molecule has 0 saturated heterocycles. The van der Waals surface area contributed by atoms with Crippen molar-refractivity contribution in [3.8, 4) is 0 Å². The van der Waals surface area contributed by atoms with Gasteiger partial charge in [0.15, 0.2) is 0 Å². The summed E-state index contributed by atoms with van der Waals surface area (Å²) in [7, 11) is 0. The predicted molar refractivity (Wildman–Crippen MR) is 64.1 cm³/mol. The quantitative estimate of drug-likeness (QED) is 0.878. The number of alkyl halides is 3. The van der Waals surface area contributed by atoms with Gasteiger partial charge in [-0.3, -0.25) is 4.98 Å². The van der Waals surface area contributed by atoms with Gasteiger partial charge in [0.2, 0.25) is 0 Å². The number of nitrogens with two attached hydrogens (primary N) is 1. The maximum absolute atomic E-state index is 13.8. The van der Waals surface area contributed by atoms with E-state index in [2.05, 4.69) is 4.98 Å². The molecular formula is C12H10F4N2S. The van der Waals surface area contributed by atoms with Gasteiger partial charge in [-0.2, -0.15) is 13.2 Å². The van der Waals surface area contributed by atoms with Crippen LogP contribution in [-0.2, 0) is 12.6 Å². The zero-order valence-corrected chi connectivity index (χ0v) is 10.4. The van der Waals surface area contributed by atoms with Gasteiger partial charge in [-0.25, -0.2) is 4.39 Å². The first-order valence-electron chi connectivity index (χ1n) is 5.38. The van der Waals surface area contributed by atoms with Crippen molar-refractivity contribution in [2.24, 2.45) is 5.73 Å². The van der Waals surface area contributed by atoms with Gasteiger partial charge in [0.1, 0.15) is 5.82 Å². The minimum absolute atomic E-state index is 0.136. The van der Waals surface area contributed by atoms with Crippen molar-refractivity contribution in [3.05, 3.63) is 51.7 Å². The van der Waals surface area contributed by atoms with Crippen LogP contribution in [0.15, 0.2) is 29.9 Å². The predicted octanol–water partition coefficient (Wildman–Crippen LogP) is 3.54. The minimum Gasteiger partial charge on any atom is -0.324 e. The fourth-order valence-corrected chi connectivity index (χ4v) is 2.38. The summed E-state index contributed by atoms with van der Waals surface area (Å²) >= 11 is 1.33. The van der Waals surface area contributed by atoms with Crippen LogP contribution in [0, 0.1) is 5.82 Å². The summed E-state index contributed by atoms with van der Waals surface area (Å²) in [6.45, 7) is 0. The third kappa shape index (κ3) is 3.10. The molecule has 0 aliphatic rings. The molecule has 0 aliphatic heterocycles. The smallest absolute Gasteiger partial charge is 0.324 e. The average Bonchev–Trinajstić information content (AvgIpc) is 2.80. The average molecular weight is 290 g/mol. The number of hydrogen-bond acceptors (Lipinski definition) is 3. The zero-order valence-electron chi connectivity index (χ0n) is 9.62. The molecule has 1 heterocycles. The molecule has 0 aliphatic carbocycles. The Balaban J connectivity index is 2.30. The molecule has 1 aromatic heterocycles. The van der Waals surface area contributed by atoms with E-state index in [1.165, 1.54) is 17.4 Å². The van der Waals surface area contributed by atoms with E-state index < -0.39 is 23.6 Å². The lowest BCUT2D eigenvalue weighted by Gasteiger charge is -2.15. The van der Waals surface area contributed by atoms with E-state index >= 15 is 0 Å². The number of benzene rings is 1. The maximum atomic E-state index is 13.8. The van der Waals surface area contributed by atoms with E-state index in [0.717, 1.165) is 10.9 Å². The van der Waals surface area contributed by atoms with Crippen LogP contribution in [-0.4, -0.2) is 4.98 Å². The van der Waals surface area contributed by atoms with Gasteiger partial charge in [-0.1, -0.05) is 12.1 Å². The molecule has 1 atom stereocenters.